The molecule has 0 aliphatic carbocycles. The van der Waals surface area contributed by atoms with Crippen molar-refractivity contribution in [2.24, 2.45) is 10.7 Å². The summed E-state index contributed by atoms with van der Waals surface area (Å²) in [7, 11) is 3.57. The highest BCUT2D eigenvalue weighted by atomic mass is 127. The first-order valence-corrected chi connectivity index (χ1v) is 8.14. The van der Waals surface area contributed by atoms with Crippen molar-refractivity contribution < 1.29 is 13.9 Å². The lowest BCUT2D eigenvalue weighted by atomic mass is 10.2. The molecule has 0 bridgehead atoms. The maximum atomic E-state index is 13.3. The minimum Gasteiger partial charge on any atom is -0.484 e. The molecule has 0 aliphatic heterocycles. The van der Waals surface area contributed by atoms with Crippen molar-refractivity contribution in [1.82, 2.24) is 10.2 Å². The Kier molecular flexibility index (Phi) is 9.55. The van der Waals surface area contributed by atoms with Gasteiger partial charge in [-0.05, 0) is 35.4 Å². The van der Waals surface area contributed by atoms with Gasteiger partial charge < -0.3 is 20.7 Å². The molecule has 8 heteroatoms. The van der Waals surface area contributed by atoms with Gasteiger partial charge in [0.2, 0.25) is 0 Å². The summed E-state index contributed by atoms with van der Waals surface area (Å²) < 4.78 is 18.6. The molecular weight excluding hydrogens is 462 g/mol. The van der Waals surface area contributed by atoms with Gasteiger partial charge in [0.05, 0.1) is 0 Å². The number of nitrogens with zero attached hydrogens (tertiary/aromatic N) is 2. The number of guanidine groups is 1. The summed E-state index contributed by atoms with van der Waals surface area (Å²) in [4.78, 5) is 17.0. The summed E-state index contributed by atoms with van der Waals surface area (Å²) in [6.45, 7) is 0.891. The Balaban J connectivity index is 0.00000364. The van der Waals surface area contributed by atoms with Crippen LogP contribution in [0.15, 0.2) is 53.5 Å². The van der Waals surface area contributed by atoms with Crippen LogP contribution in [0.4, 0.5) is 4.39 Å². The number of hydrogen-bond donors (Lipinski definition) is 2. The molecule has 2 aromatic carbocycles. The van der Waals surface area contributed by atoms with Crippen LogP contribution < -0.4 is 15.8 Å². The molecule has 0 spiro atoms. The molecule has 0 saturated heterocycles. The van der Waals surface area contributed by atoms with E-state index < -0.39 is 5.91 Å². The van der Waals surface area contributed by atoms with Crippen molar-refractivity contribution in [2.75, 3.05) is 20.7 Å². The summed E-state index contributed by atoms with van der Waals surface area (Å²) in [5, 5.41) is 3.25. The van der Waals surface area contributed by atoms with E-state index in [2.05, 4.69) is 10.3 Å². The first-order chi connectivity index (χ1) is 12.5. The summed E-state index contributed by atoms with van der Waals surface area (Å²) in [5.74, 6) is 0.475. The number of carbonyl (C=O) groups excluding carboxylic acids is 1. The van der Waals surface area contributed by atoms with Crippen LogP contribution in [0, 0.1) is 5.82 Å². The number of hydrogen-bond acceptors (Lipinski definition) is 3. The molecule has 6 nitrogen and oxygen atoms in total. The monoisotopic (exact) mass is 486 g/mol. The van der Waals surface area contributed by atoms with Gasteiger partial charge in [0.25, 0.3) is 5.91 Å². The van der Waals surface area contributed by atoms with Crippen LogP contribution in [0.25, 0.3) is 0 Å². The topological polar surface area (TPSA) is 80.0 Å². The predicted molar refractivity (Wildman–Crippen MR) is 115 cm³/mol. The van der Waals surface area contributed by atoms with E-state index in [0.29, 0.717) is 24.8 Å². The number of carbonyl (C=O) groups is 1. The van der Waals surface area contributed by atoms with Gasteiger partial charge >= 0.3 is 0 Å². The van der Waals surface area contributed by atoms with E-state index in [-0.39, 0.29) is 36.4 Å². The fourth-order valence-electron chi connectivity index (χ4n) is 2.45. The molecule has 2 rings (SSSR count). The number of amides is 1. The van der Waals surface area contributed by atoms with Crippen LogP contribution in [0.3, 0.4) is 0 Å². The second-order valence-electron chi connectivity index (χ2n) is 5.79. The second-order valence-corrected chi connectivity index (χ2v) is 5.79. The lowest BCUT2D eigenvalue weighted by Crippen LogP contribution is -2.38. The van der Waals surface area contributed by atoms with E-state index in [9.17, 15) is 9.18 Å². The van der Waals surface area contributed by atoms with Crippen molar-refractivity contribution in [3.8, 4) is 5.75 Å². The first kappa shape index (κ1) is 22.7. The average Bonchev–Trinajstić information content (AvgIpc) is 2.61. The van der Waals surface area contributed by atoms with Gasteiger partial charge in [0, 0.05) is 27.2 Å². The second kappa shape index (κ2) is 11.4. The van der Waals surface area contributed by atoms with Crippen LogP contribution in [0.2, 0.25) is 0 Å². The molecule has 0 atom stereocenters. The summed E-state index contributed by atoms with van der Waals surface area (Å²) in [6.07, 6.45) is 0. The highest BCUT2D eigenvalue weighted by Crippen LogP contribution is 2.13. The number of ether oxygens (including phenoxy) is 1. The molecule has 0 fully saturated rings. The van der Waals surface area contributed by atoms with Crippen LogP contribution in [0.5, 0.6) is 5.75 Å². The highest BCUT2D eigenvalue weighted by Gasteiger charge is 2.08. The van der Waals surface area contributed by atoms with Gasteiger partial charge in [-0.15, -0.1) is 24.0 Å². The standard InChI is InChI=1S/C19H23FN4O2.HI/c1-22-19(24(2)12-15-6-3-7-16(20)9-15)23-11-14-5-4-8-17(10-14)26-13-18(21)25;/h3-10H,11-13H2,1-2H3,(H2,21,25)(H,22,23);1H. The number of halogens is 2. The average molecular weight is 486 g/mol. The third kappa shape index (κ3) is 7.81. The van der Waals surface area contributed by atoms with Crippen molar-refractivity contribution in [3.05, 3.63) is 65.5 Å². The molecule has 0 unspecified atom stereocenters. The Bertz CT molecular complexity index is 786. The van der Waals surface area contributed by atoms with E-state index in [1.165, 1.54) is 12.1 Å². The molecule has 3 N–H and O–H groups in total. The fourth-order valence-corrected chi connectivity index (χ4v) is 2.45. The molecule has 0 saturated carbocycles. The van der Waals surface area contributed by atoms with E-state index in [4.69, 9.17) is 10.5 Å². The molecule has 27 heavy (non-hydrogen) atoms. The quantitative estimate of drug-likeness (QED) is 0.358. The van der Waals surface area contributed by atoms with Crippen LogP contribution in [-0.4, -0.2) is 37.5 Å². The molecule has 0 aliphatic rings. The van der Waals surface area contributed by atoms with Gasteiger partial charge in [-0.3, -0.25) is 9.79 Å². The van der Waals surface area contributed by atoms with Crippen LogP contribution >= 0.6 is 24.0 Å². The maximum absolute atomic E-state index is 13.3. The van der Waals surface area contributed by atoms with Gasteiger partial charge in [-0.1, -0.05) is 24.3 Å². The van der Waals surface area contributed by atoms with Gasteiger partial charge in [-0.2, -0.15) is 0 Å². The van der Waals surface area contributed by atoms with E-state index >= 15 is 0 Å². The third-order valence-corrected chi connectivity index (χ3v) is 3.61. The van der Waals surface area contributed by atoms with Gasteiger partial charge in [0.1, 0.15) is 11.6 Å². The fraction of sp³-hybridized carbons (Fsp3) is 0.263. The van der Waals surface area contributed by atoms with Crippen molar-refractivity contribution in [3.63, 3.8) is 0 Å². The molecule has 146 valence electrons. The molecule has 0 heterocycles. The Morgan fingerprint density at radius 1 is 1.22 bits per heavy atom. The first-order valence-electron chi connectivity index (χ1n) is 8.14. The van der Waals surface area contributed by atoms with Crippen molar-refractivity contribution >= 4 is 35.8 Å². The van der Waals surface area contributed by atoms with Gasteiger partial charge in [0.15, 0.2) is 12.6 Å². The number of benzene rings is 2. The smallest absolute Gasteiger partial charge is 0.255 e. The Labute approximate surface area is 175 Å². The molecular formula is C19H24FIN4O2. The third-order valence-electron chi connectivity index (χ3n) is 3.61. The molecule has 1 amide bonds. The van der Waals surface area contributed by atoms with E-state index in [0.717, 1.165) is 11.1 Å². The minimum atomic E-state index is -0.520. The number of rotatable bonds is 7. The lowest BCUT2D eigenvalue weighted by molar-refractivity contribution is -0.119. The number of primary amides is 1. The summed E-state index contributed by atoms with van der Waals surface area (Å²) in [5.41, 5.74) is 6.90. The Hall–Kier alpha value is -2.36. The minimum absolute atomic E-state index is 0. The SMILES string of the molecule is CN=C(NCc1cccc(OCC(N)=O)c1)N(C)Cc1cccc(F)c1.I. The molecule has 0 aromatic heterocycles. The van der Waals surface area contributed by atoms with Crippen LogP contribution in [-0.2, 0) is 17.9 Å². The zero-order chi connectivity index (χ0) is 18.9. The zero-order valence-corrected chi connectivity index (χ0v) is 17.6. The number of nitrogens with two attached hydrogens (primary N) is 1. The zero-order valence-electron chi connectivity index (χ0n) is 15.3. The van der Waals surface area contributed by atoms with Crippen LogP contribution in [0.1, 0.15) is 11.1 Å². The van der Waals surface area contributed by atoms with E-state index in [1.807, 2.05) is 36.2 Å². The van der Waals surface area contributed by atoms with Gasteiger partial charge in [-0.25, -0.2) is 4.39 Å². The Morgan fingerprint density at radius 2 is 1.93 bits per heavy atom. The molecule has 0 radical (unpaired) electrons. The summed E-state index contributed by atoms with van der Waals surface area (Å²) in [6, 6.07) is 13.8. The molecule has 2 aromatic rings. The summed E-state index contributed by atoms with van der Waals surface area (Å²) >= 11 is 0. The number of nitrogens with one attached hydrogen (secondary N) is 1. The van der Waals surface area contributed by atoms with Crippen molar-refractivity contribution in [1.29, 1.82) is 0 Å². The lowest BCUT2D eigenvalue weighted by Gasteiger charge is -2.22. The van der Waals surface area contributed by atoms with E-state index in [1.54, 1.807) is 19.2 Å². The Morgan fingerprint density at radius 3 is 2.59 bits per heavy atom. The normalized spacial score (nSPS) is 10.7. The number of aliphatic imine (C=N–C) groups is 1. The van der Waals surface area contributed by atoms with Crippen molar-refractivity contribution in [2.45, 2.75) is 13.1 Å². The highest BCUT2D eigenvalue weighted by molar-refractivity contribution is 14.0. The largest absolute Gasteiger partial charge is 0.484 e. The maximum Gasteiger partial charge on any atom is 0.255 e. The predicted octanol–water partition coefficient (Wildman–Crippen LogP) is 2.52.